The first-order valence-corrected chi connectivity index (χ1v) is 6.00. The molecule has 0 spiro atoms. The van der Waals surface area contributed by atoms with Crippen LogP contribution in [0.2, 0.25) is 0 Å². The molecule has 0 unspecified atom stereocenters. The summed E-state index contributed by atoms with van der Waals surface area (Å²) in [5, 5.41) is 21.8. The number of hydrogen-bond acceptors (Lipinski definition) is 4. The van der Waals surface area contributed by atoms with Crippen LogP contribution in [0.15, 0.2) is 18.2 Å². The van der Waals surface area contributed by atoms with Gasteiger partial charge in [0.2, 0.25) is 0 Å². The molecule has 4 nitrogen and oxygen atoms in total. The lowest BCUT2D eigenvalue weighted by Crippen LogP contribution is -2.31. The molecule has 0 aliphatic rings. The van der Waals surface area contributed by atoms with Gasteiger partial charge < -0.3 is 20.3 Å². The summed E-state index contributed by atoms with van der Waals surface area (Å²) in [4.78, 5) is 0. The first-order valence-electron chi connectivity index (χ1n) is 6.00. The van der Waals surface area contributed by atoms with Gasteiger partial charge >= 0.3 is 0 Å². The summed E-state index contributed by atoms with van der Waals surface area (Å²) >= 11 is 0. The quantitative estimate of drug-likeness (QED) is 0.677. The molecule has 0 saturated heterocycles. The minimum Gasteiger partial charge on any atom is -0.504 e. The molecule has 0 amide bonds. The molecule has 1 aromatic carbocycles. The predicted octanol–water partition coefficient (Wildman–Crippen LogP) is 1.65. The number of hydrogen-bond donors (Lipinski definition) is 3. The van der Waals surface area contributed by atoms with E-state index >= 15 is 0 Å². The summed E-state index contributed by atoms with van der Waals surface area (Å²) in [6.45, 7) is 5.21. The fraction of sp³-hybridized carbons (Fsp3) is 0.538. The van der Waals surface area contributed by atoms with Gasteiger partial charge in [-0.1, -0.05) is 13.0 Å². The first-order chi connectivity index (χ1) is 8.21. The van der Waals surface area contributed by atoms with Gasteiger partial charge in [-0.05, 0) is 31.0 Å². The highest BCUT2D eigenvalue weighted by molar-refractivity contribution is 5.41. The number of ether oxygens (including phenoxy) is 1. The zero-order chi connectivity index (χ0) is 12.7. The topological polar surface area (TPSA) is 61.7 Å². The van der Waals surface area contributed by atoms with Crippen molar-refractivity contribution in [1.82, 2.24) is 5.32 Å². The average Bonchev–Trinajstić information content (AvgIpc) is 2.34. The van der Waals surface area contributed by atoms with Crippen molar-refractivity contribution < 1.29 is 14.9 Å². The fourth-order valence-corrected chi connectivity index (χ4v) is 1.54. The second-order valence-electron chi connectivity index (χ2n) is 3.90. The maximum absolute atomic E-state index is 9.55. The Labute approximate surface area is 102 Å². The van der Waals surface area contributed by atoms with Gasteiger partial charge in [0.25, 0.3) is 0 Å². The number of phenols is 1. The van der Waals surface area contributed by atoms with E-state index in [9.17, 15) is 5.11 Å². The Kier molecular flexibility index (Phi) is 5.80. The number of benzene rings is 1. The molecule has 0 aliphatic carbocycles. The highest BCUT2D eigenvalue weighted by Gasteiger charge is 2.06. The second-order valence-corrected chi connectivity index (χ2v) is 3.90. The third kappa shape index (κ3) is 4.24. The van der Waals surface area contributed by atoms with E-state index in [0.29, 0.717) is 18.9 Å². The molecule has 0 bridgehead atoms. The van der Waals surface area contributed by atoms with Crippen molar-refractivity contribution in [3.05, 3.63) is 23.8 Å². The van der Waals surface area contributed by atoms with E-state index in [0.717, 1.165) is 12.0 Å². The predicted molar refractivity (Wildman–Crippen MR) is 67.3 cm³/mol. The third-order valence-corrected chi connectivity index (χ3v) is 2.63. The number of aromatic hydroxyl groups is 1. The summed E-state index contributed by atoms with van der Waals surface area (Å²) in [6, 6.07) is 5.40. The van der Waals surface area contributed by atoms with Crippen LogP contribution in [-0.4, -0.2) is 29.5 Å². The molecule has 0 fully saturated rings. The molecule has 3 N–H and O–H groups in total. The Morgan fingerprint density at radius 2 is 2.12 bits per heavy atom. The standard InChI is InChI=1S/C13H21NO3/c1-3-11(9-15)14-8-10-5-6-12(16)13(7-10)17-4-2/h5-7,11,14-16H,3-4,8-9H2,1-2H3/t11-/m0/s1. The molecule has 0 aliphatic heterocycles. The maximum atomic E-state index is 9.55. The monoisotopic (exact) mass is 239 g/mol. The van der Waals surface area contributed by atoms with Crippen molar-refractivity contribution in [3.8, 4) is 11.5 Å². The van der Waals surface area contributed by atoms with Gasteiger partial charge in [-0.25, -0.2) is 0 Å². The Hall–Kier alpha value is -1.26. The number of rotatable bonds is 7. The Balaban J connectivity index is 2.62. The zero-order valence-corrected chi connectivity index (χ0v) is 10.4. The van der Waals surface area contributed by atoms with Crippen molar-refractivity contribution in [2.75, 3.05) is 13.2 Å². The number of aliphatic hydroxyl groups is 1. The molecule has 1 rings (SSSR count). The van der Waals surface area contributed by atoms with Crippen molar-refractivity contribution in [3.63, 3.8) is 0 Å². The normalized spacial score (nSPS) is 12.4. The number of aliphatic hydroxyl groups excluding tert-OH is 1. The Morgan fingerprint density at radius 3 is 2.71 bits per heavy atom. The summed E-state index contributed by atoms with van der Waals surface area (Å²) < 4.78 is 5.31. The number of nitrogens with one attached hydrogen (secondary N) is 1. The second kappa shape index (κ2) is 7.14. The van der Waals surface area contributed by atoms with E-state index in [4.69, 9.17) is 9.84 Å². The van der Waals surface area contributed by atoms with E-state index in [-0.39, 0.29) is 18.4 Å². The molecule has 1 aromatic rings. The Bertz CT molecular complexity index is 337. The van der Waals surface area contributed by atoms with Crippen LogP contribution in [0.3, 0.4) is 0 Å². The lowest BCUT2D eigenvalue weighted by Gasteiger charge is -2.14. The first kappa shape index (κ1) is 13.8. The van der Waals surface area contributed by atoms with Crippen molar-refractivity contribution in [1.29, 1.82) is 0 Å². The van der Waals surface area contributed by atoms with Crippen LogP contribution in [-0.2, 0) is 6.54 Å². The van der Waals surface area contributed by atoms with Gasteiger partial charge in [-0.3, -0.25) is 0 Å². The van der Waals surface area contributed by atoms with Crippen LogP contribution in [0, 0.1) is 0 Å². The SMILES string of the molecule is CCOc1cc(CN[C@@H](CC)CO)ccc1O. The highest BCUT2D eigenvalue weighted by Crippen LogP contribution is 2.26. The van der Waals surface area contributed by atoms with Gasteiger partial charge in [0.1, 0.15) is 0 Å². The van der Waals surface area contributed by atoms with Gasteiger partial charge in [-0.15, -0.1) is 0 Å². The van der Waals surface area contributed by atoms with E-state index in [1.807, 2.05) is 26.0 Å². The largest absolute Gasteiger partial charge is 0.504 e. The zero-order valence-electron chi connectivity index (χ0n) is 10.4. The van der Waals surface area contributed by atoms with Gasteiger partial charge in [0, 0.05) is 12.6 Å². The van der Waals surface area contributed by atoms with Crippen molar-refractivity contribution in [2.24, 2.45) is 0 Å². The van der Waals surface area contributed by atoms with Crippen molar-refractivity contribution in [2.45, 2.75) is 32.9 Å². The molecule has 0 aromatic heterocycles. The Morgan fingerprint density at radius 1 is 1.35 bits per heavy atom. The van der Waals surface area contributed by atoms with E-state index < -0.39 is 0 Å². The van der Waals surface area contributed by atoms with Gasteiger partial charge in [0.05, 0.1) is 13.2 Å². The summed E-state index contributed by atoms with van der Waals surface area (Å²) in [5.74, 6) is 0.661. The molecule has 4 heteroatoms. The molecule has 1 atom stereocenters. The maximum Gasteiger partial charge on any atom is 0.161 e. The minimum absolute atomic E-state index is 0.111. The van der Waals surface area contributed by atoms with Gasteiger partial charge in [0.15, 0.2) is 11.5 Å². The van der Waals surface area contributed by atoms with Crippen LogP contribution < -0.4 is 10.1 Å². The van der Waals surface area contributed by atoms with Crippen LogP contribution in [0.1, 0.15) is 25.8 Å². The molecule has 0 radical (unpaired) electrons. The van der Waals surface area contributed by atoms with Gasteiger partial charge in [-0.2, -0.15) is 0 Å². The van der Waals surface area contributed by atoms with E-state index in [1.165, 1.54) is 0 Å². The molecule has 17 heavy (non-hydrogen) atoms. The lowest BCUT2D eigenvalue weighted by molar-refractivity contribution is 0.238. The molecule has 0 saturated carbocycles. The minimum atomic E-state index is 0.111. The summed E-state index contributed by atoms with van der Waals surface area (Å²) in [6.07, 6.45) is 0.882. The smallest absolute Gasteiger partial charge is 0.161 e. The molecular formula is C13H21NO3. The van der Waals surface area contributed by atoms with E-state index in [1.54, 1.807) is 6.07 Å². The highest BCUT2D eigenvalue weighted by atomic mass is 16.5. The van der Waals surface area contributed by atoms with Crippen LogP contribution in [0.5, 0.6) is 11.5 Å². The van der Waals surface area contributed by atoms with E-state index in [2.05, 4.69) is 5.32 Å². The van der Waals surface area contributed by atoms with Crippen LogP contribution in [0.4, 0.5) is 0 Å². The molecular weight excluding hydrogens is 218 g/mol. The summed E-state index contributed by atoms with van der Waals surface area (Å²) in [7, 11) is 0. The van der Waals surface area contributed by atoms with Crippen molar-refractivity contribution >= 4 is 0 Å². The van der Waals surface area contributed by atoms with Crippen LogP contribution in [0.25, 0.3) is 0 Å². The third-order valence-electron chi connectivity index (χ3n) is 2.63. The summed E-state index contributed by atoms with van der Waals surface area (Å²) in [5.41, 5.74) is 1.03. The number of phenolic OH excluding ortho intramolecular Hbond substituents is 1. The molecule has 0 heterocycles. The fourth-order valence-electron chi connectivity index (χ4n) is 1.54. The lowest BCUT2D eigenvalue weighted by atomic mass is 10.1. The average molecular weight is 239 g/mol. The van der Waals surface area contributed by atoms with Crippen LogP contribution >= 0.6 is 0 Å². The molecule has 96 valence electrons.